The number of allylic oxidation sites excluding steroid dienone is 3. The molecule has 18 heavy (non-hydrogen) atoms. The topological polar surface area (TPSA) is 0 Å². The molecule has 0 amide bonds. The van der Waals surface area contributed by atoms with Crippen LogP contribution in [0, 0.1) is 11.8 Å². The highest BCUT2D eigenvalue weighted by Gasteiger charge is 2.16. The number of hydrogen-bond donors (Lipinski definition) is 0. The van der Waals surface area contributed by atoms with E-state index in [0.717, 1.165) is 11.8 Å². The average Bonchev–Trinajstić information content (AvgIpc) is 2.42. The fourth-order valence-corrected chi connectivity index (χ4v) is 2.90. The number of rotatable bonds is 9. The van der Waals surface area contributed by atoms with E-state index in [1.807, 2.05) is 0 Å². The van der Waals surface area contributed by atoms with Gasteiger partial charge >= 0.3 is 0 Å². The minimum absolute atomic E-state index is 0.799. The SMILES string of the molecule is C=CC1CCC(/C=C/CCCCCCCC)CC1. The second-order valence-electron chi connectivity index (χ2n) is 5.90. The summed E-state index contributed by atoms with van der Waals surface area (Å²) in [4.78, 5) is 0. The first kappa shape index (κ1) is 15.5. The highest BCUT2D eigenvalue weighted by atomic mass is 14.2. The van der Waals surface area contributed by atoms with Crippen LogP contribution in [-0.2, 0) is 0 Å². The maximum atomic E-state index is 3.91. The fourth-order valence-electron chi connectivity index (χ4n) is 2.90. The highest BCUT2D eigenvalue weighted by Crippen LogP contribution is 2.30. The molecule has 1 fully saturated rings. The molecule has 1 saturated carbocycles. The Morgan fingerprint density at radius 2 is 1.50 bits per heavy atom. The summed E-state index contributed by atoms with van der Waals surface area (Å²) in [6, 6.07) is 0. The van der Waals surface area contributed by atoms with Crippen molar-refractivity contribution in [2.45, 2.75) is 77.6 Å². The van der Waals surface area contributed by atoms with E-state index in [2.05, 4.69) is 31.7 Å². The molecule has 0 N–H and O–H groups in total. The minimum Gasteiger partial charge on any atom is -0.103 e. The number of unbranched alkanes of at least 4 members (excludes halogenated alkanes) is 6. The summed E-state index contributed by atoms with van der Waals surface area (Å²) in [5.74, 6) is 1.66. The lowest BCUT2D eigenvalue weighted by atomic mass is 9.82. The van der Waals surface area contributed by atoms with E-state index in [1.54, 1.807) is 0 Å². The maximum absolute atomic E-state index is 3.91. The van der Waals surface area contributed by atoms with E-state index < -0.39 is 0 Å². The Bertz CT molecular complexity index is 218. The molecule has 0 aromatic carbocycles. The summed E-state index contributed by atoms with van der Waals surface area (Å²) in [5.41, 5.74) is 0. The van der Waals surface area contributed by atoms with Crippen molar-refractivity contribution in [1.82, 2.24) is 0 Å². The van der Waals surface area contributed by atoms with E-state index in [1.165, 1.54) is 70.6 Å². The molecule has 0 aliphatic heterocycles. The van der Waals surface area contributed by atoms with E-state index in [-0.39, 0.29) is 0 Å². The summed E-state index contributed by atoms with van der Waals surface area (Å²) < 4.78 is 0. The van der Waals surface area contributed by atoms with E-state index in [0.29, 0.717) is 0 Å². The van der Waals surface area contributed by atoms with Gasteiger partial charge in [0.05, 0.1) is 0 Å². The van der Waals surface area contributed by atoms with E-state index in [4.69, 9.17) is 0 Å². The van der Waals surface area contributed by atoms with Gasteiger partial charge in [0.2, 0.25) is 0 Å². The standard InChI is InChI=1S/C18H32/c1-3-5-6-7-8-9-10-11-12-18-15-13-17(4-2)14-16-18/h4,11-12,17-18H,2-3,5-10,13-16H2,1H3/b12-11+. The van der Waals surface area contributed by atoms with Crippen LogP contribution in [0.15, 0.2) is 24.8 Å². The zero-order valence-electron chi connectivity index (χ0n) is 12.4. The lowest BCUT2D eigenvalue weighted by molar-refractivity contribution is 0.356. The Balaban J connectivity index is 1.95. The predicted molar refractivity (Wildman–Crippen MR) is 82.8 cm³/mol. The van der Waals surface area contributed by atoms with Crippen LogP contribution in [0.25, 0.3) is 0 Å². The van der Waals surface area contributed by atoms with Crippen LogP contribution in [0.1, 0.15) is 77.6 Å². The summed E-state index contributed by atoms with van der Waals surface area (Å²) in [6.45, 7) is 6.19. The lowest BCUT2D eigenvalue weighted by Crippen LogP contribution is -2.10. The van der Waals surface area contributed by atoms with E-state index >= 15 is 0 Å². The van der Waals surface area contributed by atoms with Crippen molar-refractivity contribution in [2.75, 3.05) is 0 Å². The lowest BCUT2D eigenvalue weighted by Gasteiger charge is -2.24. The molecular weight excluding hydrogens is 216 g/mol. The molecule has 0 unspecified atom stereocenters. The molecule has 0 spiro atoms. The van der Waals surface area contributed by atoms with Crippen molar-refractivity contribution in [2.24, 2.45) is 11.8 Å². The Kier molecular flexibility index (Phi) is 8.98. The van der Waals surface area contributed by atoms with Gasteiger partial charge in [0, 0.05) is 0 Å². The quantitative estimate of drug-likeness (QED) is 0.332. The molecule has 0 aromatic heterocycles. The molecule has 0 heteroatoms. The molecule has 0 heterocycles. The molecule has 1 aliphatic rings. The molecule has 0 nitrogen and oxygen atoms in total. The molecule has 0 radical (unpaired) electrons. The molecule has 104 valence electrons. The van der Waals surface area contributed by atoms with Gasteiger partial charge in [-0.1, -0.05) is 57.3 Å². The third-order valence-electron chi connectivity index (χ3n) is 4.28. The fraction of sp³-hybridized carbons (Fsp3) is 0.778. The third kappa shape index (κ3) is 7.03. The normalized spacial score (nSPS) is 24.5. The zero-order valence-corrected chi connectivity index (χ0v) is 12.4. The second-order valence-corrected chi connectivity index (χ2v) is 5.90. The molecule has 1 aliphatic carbocycles. The summed E-state index contributed by atoms with van der Waals surface area (Å²) in [7, 11) is 0. The molecule has 0 saturated heterocycles. The van der Waals surface area contributed by atoms with Gasteiger partial charge in [-0.15, -0.1) is 6.58 Å². The van der Waals surface area contributed by atoms with Crippen molar-refractivity contribution in [3.8, 4) is 0 Å². The van der Waals surface area contributed by atoms with Crippen LogP contribution in [0.4, 0.5) is 0 Å². The maximum Gasteiger partial charge on any atom is -0.0233 e. The predicted octanol–water partition coefficient (Wildman–Crippen LogP) is 6.29. The first-order chi connectivity index (χ1) is 8.86. The monoisotopic (exact) mass is 248 g/mol. The van der Waals surface area contributed by atoms with Crippen molar-refractivity contribution in [3.05, 3.63) is 24.8 Å². The summed E-state index contributed by atoms with van der Waals surface area (Å²) in [6.07, 6.45) is 22.3. The second kappa shape index (κ2) is 10.4. The van der Waals surface area contributed by atoms with Crippen LogP contribution in [0.2, 0.25) is 0 Å². The number of hydrogen-bond acceptors (Lipinski definition) is 0. The van der Waals surface area contributed by atoms with Gasteiger partial charge in [-0.05, 0) is 50.4 Å². The van der Waals surface area contributed by atoms with Gasteiger partial charge in [0.15, 0.2) is 0 Å². The molecular formula is C18H32. The van der Waals surface area contributed by atoms with Crippen LogP contribution in [-0.4, -0.2) is 0 Å². The van der Waals surface area contributed by atoms with Gasteiger partial charge in [0.25, 0.3) is 0 Å². The first-order valence-electron chi connectivity index (χ1n) is 8.16. The molecule has 0 aromatic rings. The summed E-state index contributed by atoms with van der Waals surface area (Å²) >= 11 is 0. The van der Waals surface area contributed by atoms with Crippen LogP contribution in [0.3, 0.4) is 0 Å². The molecule has 1 rings (SSSR count). The smallest absolute Gasteiger partial charge is 0.0233 e. The van der Waals surface area contributed by atoms with Gasteiger partial charge in [-0.2, -0.15) is 0 Å². The average molecular weight is 248 g/mol. The summed E-state index contributed by atoms with van der Waals surface area (Å²) in [5, 5.41) is 0. The van der Waals surface area contributed by atoms with Crippen molar-refractivity contribution in [3.63, 3.8) is 0 Å². The van der Waals surface area contributed by atoms with Crippen molar-refractivity contribution >= 4 is 0 Å². The molecule has 0 bridgehead atoms. The minimum atomic E-state index is 0.799. The van der Waals surface area contributed by atoms with E-state index in [9.17, 15) is 0 Å². The zero-order chi connectivity index (χ0) is 13.1. The molecule has 0 atom stereocenters. The Morgan fingerprint density at radius 3 is 2.17 bits per heavy atom. The first-order valence-corrected chi connectivity index (χ1v) is 8.16. The van der Waals surface area contributed by atoms with Gasteiger partial charge in [0.1, 0.15) is 0 Å². The van der Waals surface area contributed by atoms with Crippen LogP contribution >= 0.6 is 0 Å². The Labute approximate surface area is 115 Å². The van der Waals surface area contributed by atoms with Gasteiger partial charge in [-0.3, -0.25) is 0 Å². The van der Waals surface area contributed by atoms with Crippen LogP contribution < -0.4 is 0 Å². The van der Waals surface area contributed by atoms with Gasteiger partial charge in [-0.25, -0.2) is 0 Å². The third-order valence-corrected chi connectivity index (χ3v) is 4.28. The van der Waals surface area contributed by atoms with Crippen molar-refractivity contribution in [1.29, 1.82) is 0 Å². The Hall–Kier alpha value is -0.520. The largest absolute Gasteiger partial charge is 0.103 e. The van der Waals surface area contributed by atoms with Gasteiger partial charge < -0.3 is 0 Å². The van der Waals surface area contributed by atoms with Crippen molar-refractivity contribution < 1.29 is 0 Å². The van der Waals surface area contributed by atoms with Crippen LogP contribution in [0.5, 0.6) is 0 Å². The Morgan fingerprint density at radius 1 is 0.889 bits per heavy atom. The highest BCUT2D eigenvalue weighted by molar-refractivity contribution is 4.93.